The minimum Gasteiger partial charge on any atom is -0.367 e. The van der Waals surface area contributed by atoms with Gasteiger partial charge in [0.15, 0.2) is 11.2 Å². The molecule has 136 valence electrons. The highest BCUT2D eigenvalue weighted by molar-refractivity contribution is 5.69. The Kier molecular flexibility index (Phi) is 3.82. The molecule has 3 aromatic rings. The lowest BCUT2D eigenvalue weighted by atomic mass is 10.1. The van der Waals surface area contributed by atoms with Crippen molar-refractivity contribution in [3.63, 3.8) is 0 Å². The van der Waals surface area contributed by atoms with Crippen LogP contribution in [0.15, 0.2) is 35.4 Å². The van der Waals surface area contributed by atoms with E-state index in [2.05, 4.69) is 19.9 Å². The van der Waals surface area contributed by atoms with Gasteiger partial charge in [-0.25, -0.2) is 4.98 Å². The average Bonchev–Trinajstić information content (AvgIpc) is 3.10. The Morgan fingerprint density at radius 3 is 2.46 bits per heavy atom. The first-order valence-corrected chi connectivity index (χ1v) is 8.03. The Bertz CT molecular complexity index is 987. The van der Waals surface area contributed by atoms with Crippen molar-refractivity contribution in [3.05, 3.63) is 46.5 Å². The molecule has 4 rings (SSSR count). The summed E-state index contributed by atoms with van der Waals surface area (Å²) >= 11 is 0. The summed E-state index contributed by atoms with van der Waals surface area (Å²) in [5, 5.41) is 0. The van der Waals surface area contributed by atoms with Gasteiger partial charge >= 0.3 is 6.18 Å². The molecule has 10 heteroatoms. The number of piperazine rings is 1. The van der Waals surface area contributed by atoms with Crippen molar-refractivity contribution in [1.29, 1.82) is 0 Å². The van der Waals surface area contributed by atoms with Crippen molar-refractivity contribution >= 4 is 22.8 Å². The number of hydrogen-bond donors (Lipinski definition) is 2. The quantitative estimate of drug-likeness (QED) is 0.727. The van der Waals surface area contributed by atoms with Crippen molar-refractivity contribution in [2.75, 3.05) is 36.0 Å². The van der Waals surface area contributed by atoms with Crippen LogP contribution in [0.5, 0.6) is 0 Å². The molecule has 7 nitrogen and oxygen atoms in total. The van der Waals surface area contributed by atoms with Crippen LogP contribution in [0.2, 0.25) is 0 Å². The van der Waals surface area contributed by atoms with Crippen molar-refractivity contribution < 1.29 is 13.2 Å². The molecule has 3 heterocycles. The van der Waals surface area contributed by atoms with E-state index >= 15 is 0 Å². The molecule has 1 fully saturated rings. The fraction of sp³-hybridized carbons (Fsp3) is 0.312. The first kappa shape index (κ1) is 16.4. The van der Waals surface area contributed by atoms with Gasteiger partial charge in [0.25, 0.3) is 5.56 Å². The number of anilines is 2. The van der Waals surface area contributed by atoms with Gasteiger partial charge in [0.05, 0.1) is 11.9 Å². The third-order valence-corrected chi connectivity index (χ3v) is 4.41. The number of rotatable bonds is 2. The second-order valence-electron chi connectivity index (χ2n) is 5.98. The number of imidazole rings is 1. The zero-order valence-electron chi connectivity index (χ0n) is 13.5. The maximum atomic E-state index is 13.2. The van der Waals surface area contributed by atoms with Gasteiger partial charge in [0, 0.05) is 31.9 Å². The Balaban J connectivity index is 1.55. The number of hydrogen-bond acceptors (Lipinski definition) is 5. The lowest BCUT2D eigenvalue weighted by Gasteiger charge is -2.37. The second kappa shape index (κ2) is 6.04. The van der Waals surface area contributed by atoms with Crippen molar-refractivity contribution in [2.45, 2.75) is 6.18 Å². The third kappa shape index (κ3) is 2.87. The highest BCUT2D eigenvalue weighted by Gasteiger charge is 2.35. The van der Waals surface area contributed by atoms with Crippen LogP contribution in [0.25, 0.3) is 11.2 Å². The Labute approximate surface area is 145 Å². The standard InChI is InChI=1S/C16H15F3N6O/c17-16(18,19)10-3-1-2-4-11(10)24-5-7-25(8-6-24)15-22-13-12(14(26)23-15)20-9-21-13/h1-4,9H,5-8H2,(H2,20,21,22,23,26). The number of nitrogens with one attached hydrogen (secondary N) is 2. The molecule has 1 saturated heterocycles. The largest absolute Gasteiger partial charge is 0.418 e. The van der Waals surface area contributed by atoms with Crippen LogP contribution in [0, 0.1) is 0 Å². The highest BCUT2D eigenvalue weighted by atomic mass is 19.4. The third-order valence-electron chi connectivity index (χ3n) is 4.41. The van der Waals surface area contributed by atoms with Gasteiger partial charge in [-0.3, -0.25) is 9.78 Å². The smallest absolute Gasteiger partial charge is 0.367 e. The number of alkyl halides is 3. The molecule has 2 N–H and O–H groups in total. The van der Waals surface area contributed by atoms with Gasteiger partial charge in [0.1, 0.15) is 0 Å². The first-order chi connectivity index (χ1) is 12.4. The molecular weight excluding hydrogens is 349 g/mol. The molecule has 0 unspecified atom stereocenters. The van der Waals surface area contributed by atoms with Gasteiger partial charge in [0.2, 0.25) is 5.95 Å². The lowest BCUT2D eigenvalue weighted by molar-refractivity contribution is -0.137. The number of halogens is 3. The average molecular weight is 364 g/mol. The van der Waals surface area contributed by atoms with E-state index in [0.29, 0.717) is 43.3 Å². The molecule has 1 aromatic carbocycles. The Hall–Kier alpha value is -3.04. The number of aromatic nitrogens is 4. The maximum Gasteiger partial charge on any atom is 0.418 e. The van der Waals surface area contributed by atoms with E-state index in [4.69, 9.17) is 0 Å². The lowest BCUT2D eigenvalue weighted by Crippen LogP contribution is -2.48. The summed E-state index contributed by atoms with van der Waals surface area (Å²) in [6.07, 6.45) is -3.01. The minimum absolute atomic E-state index is 0.170. The van der Waals surface area contributed by atoms with E-state index in [-0.39, 0.29) is 11.2 Å². The van der Waals surface area contributed by atoms with Gasteiger partial charge in [-0.15, -0.1) is 0 Å². The van der Waals surface area contributed by atoms with Crippen LogP contribution in [-0.2, 0) is 6.18 Å². The summed E-state index contributed by atoms with van der Waals surface area (Å²) in [5.41, 5.74) is -0.186. The summed E-state index contributed by atoms with van der Waals surface area (Å²) in [4.78, 5) is 29.2. The van der Waals surface area contributed by atoms with Crippen LogP contribution >= 0.6 is 0 Å². The number of para-hydroxylation sites is 1. The van der Waals surface area contributed by atoms with E-state index in [1.165, 1.54) is 18.5 Å². The molecule has 1 aliphatic rings. The number of benzene rings is 1. The summed E-state index contributed by atoms with van der Waals surface area (Å²) in [5.74, 6) is 0.373. The Morgan fingerprint density at radius 2 is 1.73 bits per heavy atom. The fourth-order valence-electron chi connectivity index (χ4n) is 3.13. The normalized spacial score (nSPS) is 15.7. The van der Waals surface area contributed by atoms with E-state index in [9.17, 15) is 18.0 Å². The molecule has 0 saturated carbocycles. The minimum atomic E-state index is -4.40. The highest BCUT2D eigenvalue weighted by Crippen LogP contribution is 2.36. The zero-order valence-corrected chi connectivity index (χ0v) is 13.5. The van der Waals surface area contributed by atoms with Crippen LogP contribution in [-0.4, -0.2) is 46.1 Å². The monoisotopic (exact) mass is 364 g/mol. The number of nitrogens with zero attached hydrogens (tertiary/aromatic N) is 4. The second-order valence-corrected chi connectivity index (χ2v) is 5.98. The molecule has 0 bridgehead atoms. The summed E-state index contributed by atoms with van der Waals surface area (Å²) in [6.45, 7) is 1.64. The van der Waals surface area contributed by atoms with Gasteiger partial charge < -0.3 is 14.8 Å². The van der Waals surface area contributed by atoms with Gasteiger partial charge in [-0.1, -0.05) is 12.1 Å². The SMILES string of the molecule is O=c1[nH]c(N2CCN(c3ccccc3C(F)(F)F)CC2)nc2nc[nH]c12. The predicted octanol–water partition coefficient (Wildman–Crippen LogP) is 1.99. The van der Waals surface area contributed by atoms with Crippen molar-refractivity contribution in [2.24, 2.45) is 0 Å². The molecule has 0 radical (unpaired) electrons. The van der Waals surface area contributed by atoms with Crippen molar-refractivity contribution in [3.8, 4) is 0 Å². The van der Waals surface area contributed by atoms with Crippen LogP contribution in [0.3, 0.4) is 0 Å². The molecule has 2 aromatic heterocycles. The van der Waals surface area contributed by atoms with Crippen molar-refractivity contribution in [1.82, 2.24) is 19.9 Å². The van der Waals surface area contributed by atoms with E-state index in [1.54, 1.807) is 11.0 Å². The van der Waals surface area contributed by atoms with Crippen LogP contribution < -0.4 is 15.4 Å². The Morgan fingerprint density at radius 1 is 1.04 bits per heavy atom. The first-order valence-electron chi connectivity index (χ1n) is 8.03. The zero-order chi connectivity index (χ0) is 18.3. The molecule has 0 atom stereocenters. The van der Waals surface area contributed by atoms with E-state index in [1.807, 2.05) is 4.90 Å². The summed E-state index contributed by atoms with van der Waals surface area (Å²) in [7, 11) is 0. The molecular formula is C16H15F3N6O. The van der Waals surface area contributed by atoms with E-state index < -0.39 is 11.7 Å². The number of aromatic amines is 2. The maximum absolute atomic E-state index is 13.2. The number of H-pyrrole nitrogens is 2. The predicted molar refractivity (Wildman–Crippen MR) is 90.4 cm³/mol. The topological polar surface area (TPSA) is 80.9 Å². The van der Waals surface area contributed by atoms with Gasteiger partial charge in [-0.2, -0.15) is 18.2 Å². The van der Waals surface area contributed by atoms with E-state index in [0.717, 1.165) is 6.07 Å². The summed E-state index contributed by atoms with van der Waals surface area (Å²) < 4.78 is 39.6. The molecule has 0 spiro atoms. The fourth-order valence-corrected chi connectivity index (χ4v) is 3.13. The molecule has 0 aliphatic carbocycles. The molecule has 0 amide bonds. The van der Waals surface area contributed by atoms with Crippen LogP contribution in [0.1, 0.15) is 5.56 Å². The molecule has 26 heavy (non-hydrogen) atoms. The molecule has 1 aliphatic heterocycles. The van der Waals surface area contributed by atoms with Gasteiger partial charge in [-0.05, 0) is 12.1 Å². The summed E-state index contributed by atoms with van der Waals surface area (Å²) in [6, 6.07) is 5.55. The van der Waals surface area contributed by atoms with Crippen LogP contribution in [0.4, 0.5) is 24.8 Å². The number of fused-ring (bicyclic) bond motifs is 1.